The molecule has 10 heteroatoms. The molecule has 1 fully saturated rings. The third-order valence-corrected chi connectivity index (χ3v) is 5.83. The Morgan fingerprint density at radius 3 is 2.78 bits per heavy atom. The quantitative estimate of drug-likeness (QED) is 0.637. The summed E-state index contributed by atoms with van der Waals surface area (Å²) in [4.78, 5) is 30.8. The molecule has 3 heterocycles. The molecule has 1 aliphatic heterocycles. The molecule has 1 saturated heterocycles. The Morgan fingerprint density at radius 2 is 2.06 bits per heavy atom. The number of fused-ring (bicyclic) bond motifs is 1. The number of amides is 2. The summed E-state index contributed by atoms with van der Waals surface area (Å²) in [6.07, 6.45) is 5.21. The van der Waals surface area contributed by atoms with Gasteiger partial charge in [0.2, 0.25) is 0 Å². The number of imidazole rings is 1. The molecule has 168 valence electrons. The number of benzene rings is 1. The summed E-state index contributed by atoms with van der Waals surface area (Å²) < 4.78 is 42.9. The Kier molecular flexibility index (Phi) is 5.85. The van der Waals surface area contributed by atoms with E-state index >= 15 is 0 Å². The monoisotopic (exact) mass is 464 g/mol. The van der Waals surface area contributed by atoms with Crippen molar-refractivity contribution >= 4 is 28.9 Å². The highest BCUT2D eigenvalue weighted by atomic mass is 35.5. The lowest BCUT2D eigenvalue weighted by molar-refractivity contribution is -0.144. The second kappa shape index (κ2) is 8.46. The largest absolute Gasteiger partial charge is 0.346 e. The summed E-state index contributed by atoms with van der Waals surface area (Å²) in [6.45, 7) is 0.777. The molecule has 2 amide bonds. The van der Waals surface area contributed by atoms with Crippen molar-refractivity contribution < 1.29 is 22.8 Å². The number of hydrogen-bond donors (Lipinski definition) is 1. The number of pyridine rings is 1. The second-order valence-electron chi connectivity index (χ2n) is 7.93. The van der Waals surface area contributed by atoms with Crippen LogP contribution < -0.4 is 5.32 Å². The van der Waals surface area contributed by atoms with Gasteiger partial charge in [-0.1, -0.05) is 11.6 Å². The van der Waals surface area contributed by atoms with Crippen molar-refractivity contribution in [1.29, 1.82) is 0 Å². The normalized spacial score (nSPS) is 19.2. The molecule has 1 N–H and O–H groups in total. The summed E-state index contributed by atoms with van der Waals surface area (Å²) >= 11 is 5.98. The van der Waals surface area contributed by atoms with Gasteiger partial charge in [0.25, 0.3) is 11.8 Å². The number of aromatic nitrogens is 2. The number of alkyl halides is 2. The number of carbonyl (C=O) groups is 2. The van der Waals surface area contributed by atoms with Gasteiger partial charge in [0.1, 0.15) is 5.82 Å². The Bertz CT molecular complexity index is 1160. The van der Waals surface area contributed by atoms with Crippen LogP contribution in [0.15, 0.2) is 49.1 Å². The number of nitrogens with zero attached hydrogens (tertiary/aromatic N) is 3. The fourth-order valence-electron chi connectivity index (χ4n) is 4.07. The molecule has 0 unspecified atom stereocenters. The predicted octanol–water partition coefficient (Wildman–Crippen LogP) is 3.90. The smallest absolute Gasteiger partial charge is 0.321 e. The van der Waals surface area contributed by atoms with Crippen molar-refractivity contribution in [1.82, 2.24) is 19.6 Å². The molecule has 0 bridgehead atoms. The molecule has 1 aromatic carbocycles. The van der Waals surface area contributed by atoms with Gasteiger partial charge in [-0.05, 0) is 42.3 Å². The van der Waals surface area contributed by atoms with E-state index in [4.69, 9.17) is 11.6 Å². The van der Waals surface area contributed by atoms with Gasteiger partial charge in [0, 0.05) is 37.2 Å². The first-order chi connectivity index (χ1) is 15.1. The van der Waals surface area contributed by atoms with E-state index in [2.05, 4.69) is 10.3 Å². The maximum atomic E-state index is 13.9. The summed E-state index contributed by atoms with van der Waals surface area (Å²) in [6, 6.07) is 6.47. The first-order valence-electron chi connectivity index (χ1n) is 9.98. The van der Waals surface area contributed by atoms with Crippen molar-refractivity contribution in [3.05, 3.63) is 71.0 Å². The molecule has 0 saturated carbocycles. The lowest BCUT2D eigenvalue weighted by atomic mass is 9.84. The maximum absolute atomic E-state index is 13.9. The molecule has 0 aliphatic carbocycles. The van der Waals surface area contributed by atoms with E-state index in [0.29, 0.717) is 36.5 Å². The molecule has 3 aromatic rings. The molecule has 2 atom stereocenters. The maximum Gasteiger partial charge on any atom is 0.321 e. The number of rotatable bonds is 4. The Balaban J connectivity index is 1.64. The van der Waals surface area contributed by atoms with Crippen molar-refractivity contribution in [3.63, 3.8) is 0 Å². The number of halogens is 4. The van der Waals surface area contributed by atoms with Gasteiger partial charge in [-0.3, -0.25) is 9.59 Å². The molecular weight excluding hydrogens is 445 g/mol. The van der Waals surface area contributed by atoms with Gasteiger partial charge < -0.3 is 14.6 Å². The molecule has 32 heavy (non-hydrogen) atoms. The highest BCUT2D eigenvalue weighted by Gasteiger charge is 2.39. The summed E-state index contributed by atoms with van der Waals surface area (Å²) in [5, 5.41) is 2.51. The topological polar surface area (TPSA) is 66.7 Å². The van der Waals surface area contributed by atoms with E-state index in [9.17, 15) is 22.8 Å². The molecule has 4 rings (SSSR count). The third-order valence-electron chi connectivity index (χ3n) is 5.61. The minimum absolute atomic E-state index is 0.0192. The van der Waals surface area contributed by atoms with Crippen LogP contribution in [0.1, 0.15) is 35.2 Å². The van der Waals surface area contributed by atoms with Gasteiger partial charge in [0.15, 0.2) is 0 Å². The zero-order valence-corrected chi connectivity index (χ0v) is 17.8. The van der Waals surface area contributed by atoms with Gasteiger partial charge in [-0.25, -0.2) is 9.37 Å². The molecule has 6 nitrogen and oxygen atoms in total. The van der Waals surface area contributed by atoms with Crippen molar-refractivity contribution in [2.45, 2.75) is 31.2 Å². The highest BCUT2D eigenvalue weighted by Crippen LogP contribution is 2.32. The van der Waals surface area contributed by atoms with E-state index in [1.807, 2.05) is 0 Å². The average molecular weight is 465 g/mol. The Labute approximate surface area is 187 Å². The average Bonchev–Trinajstić information content (AvgIpc) is 3.20. The van der Waals surface area contributed by atoms with Gasteiger partial charge in [0.05, 0.1) is 29.6 Å². The van der Waals surface area contributed by atoms with Crippen molar-refractivity contribution in [2.24, 2.45) is 0 Å². The van der Waals surface area contributed by atoms with Gasteiger partial charge >= 0.3 is 5.92 Å². The van der Waals surface area contributed by atoms with Crippen LogP contribution in [0.3, 0.4) is 0 Å². The van der Waals surface area contributed by atoms with Crippen LogP contribution in [0, 0.1) is 5.82 Å². The number of nitrogens with one attached hydrogen (secondary N) is 1. The van der Waals surface area contributed by atoms with Gasteiger partial charge in [-0.15, -0.1) is 0 Å². The summed E-state index contributed by atoms with van der Waals surface area (Å²) in [5.41, 5.74) is 1.49. The zero-order chi connectivity index (χ0) is 23.0. The van der Waals surface area contributed by atoms with Crippen LogP contribution in [0.25, 0.3) is 5.52 Å². The van der Waals surface area contributed by atoms with E-state index in [1.165, 1.54) is 11.0 Å². The summed E-state index contributed by atoms with van der Waals surface area (Å²) in [5.74, 6) is -6.43. The van der Waals surface area contributed by atoms with E-state index in [1.54, 1.807) is 41.3 Å². The zero-order valence-electron chi connectivity index (χ0n) is 17.1. The highest BCUT2D eigenvalue weighted by molar-refractivity contribution is 6.30. The molecular formula is C22H20ClF3N4O2. The molecule has 0 radical (unpaired) electrons. The fourth-order valence-corrected chi connectivity index (χ4v) is 4.30. The number of carbonyl (C=O) groups excluding carboxylic acids is 2. The first-order valence-corrected chi connectivity index (χ1v) is 10.4. The van der Waals surface area contributed by atoms with Crippen LogP contribution in [-0.4, -0.2) is 51.2 Å². The Morgan fingerprint density at radius 1 is 1.28 bits per heavy atom. The lowest BCUT2D eigenvalue weighted by Crippen LogP contribution is -2.55. The van der Waals surface area contributed by atoms with Crippen LogP contribution in [0.4, 0.5) is 13.2 Å². The minimum atomic E-state index is -3.60. The second-order valence-corrected chi connectivity index (χ2v) is 8.36. The minimum Gasteiger partial charge on any atom is -0.346 e. The fraction of sp³-hybridized carbons (Fsp3) is 0.318. The summed E-state index contributed by atoms with van der Waals surface area (Å²) in [7, 11) is 0. The van der Waals surface area contributed by atoms with Crippen LogP contribution >= 0.6 is 11.6 Å². The van der Waals surface area contributed by atoms with Crippen LogP contribution in [0.5, 0.6) is 0 Å². The van der Waals surface area contributed by atoms with Gasteiger partial charge in [-0.2, -0.15) is 8.78 Å². The van der Waals surface area contributed by atoms with Crippen molar-refractivity contribution in [3.8, 4) is 0 Å². The number of likely N-dealkylation sites (tertiary alicyclic amines) is 1. The van der Waals surface area contributed by atoms with E-state index < -0.39 is 29.6 Å². The predicted molar refractivity (Wildman–Crippen MR) is 112 cm³/mol. The first kappa shape index (κ1) is 22.1. The van der Waals surface area contributed by atoms with E-state index in [-0.39, 0.29) is 17.5 Å². The molecule has 0 spiro atoms. The third kappa shape index (κ3) is 4.43. The number of piperidine rings is 1. The number of hydrogen-bond acceptors (Lipinski definition) is 3. The molecule has 1 aliphatic rings. The Hall–Kier alpha value is -3.07. The van der Waals surface area contributed by atoms with Crippen molar-refractivity contribution in [2.75, 3.05) is 13.1 Å². The van der Waals surface area contributed by atoms with E-state index in [0.717, 1.165) is 6.07 Å². The SMILES string of the molecule is CC(F)(F)C(=O)N[C@@H]1CN(C(=O)c2cccn3cncc23)CC[C@H]1c1cc(F)cc(Cl)c1. The standard InChI is InChI=1S/C22H20ClF3N4O2/c1-22(25,26)21(32)28-18-11-29(6-4-16(18)13-7-14(23)9-15(24)8-13)20(31)17-3-2-5-30-12-27-10-19(17)30/h2-3,5,7-10,12,16,18H,4,6,11H2,1H3,(H,28,32)/t16-,18+/m0/s1. The lowest BCUT2D eigenvalue weighted by Gasteiger charge is -2.39. The van der Waals surface area contributed by atoms with Crippen LogP contribution in [-0.2, 0) is 4.79 Å². The molecule has 2 aromatic heterocycles. The van der Waals surface area contributed by atoms with Crippen LogP contribution in [0.2, 0.25) is 5.02 Å².